The van der Waals surface area contributed by atoms with Crippen molar-refractivity contribution in [1.29, 1.82) is 0 Å². The van der Waals surface area contributed by atoms with Crippen molar-refractivity contribution >= 4 is 17.2 Å². The summed E-state index contributed by atoms with van der Waals surface area (Å²) in [6.07, 6.45) is 4.36. The lowest BCUT2D eigenvalue weighted by atomic mass is 10.1. The summed E-state index contributed by atoms with van der Waals surface area (Å²) < 4.78 is 7.16. The fourth-order valence-electron chi connectivity index (χ4n) is 2.90. The van der Waals surface area contributed by atoms with Gasteiger partial charge >= 0.3 is 0 Å². The van der Waals surface area contributed by atoms with Crippen molar-refractivity contribution in [3.8, 4) is 0 Å². The van der Waals surface area contributed by atoms with Crippen molar-refractivity contribution in [2.24, 2.45) is 0 Å². The number of aryl methyl sites for hydroxylation is 2. The van der Waals surface area contributed by atoms with Gasteiger partial charge in [-0.15, -0.1) is 21.5 Å². The third-order valence-corrected chi connectivity index (χ3v) is 5.12. The van der Waals surface area contributed by atoms with Crippen LogP contribution in [0.4, 0.5) is 0 Å². The quantitative estimate of drug-likeness (QED) is 0.841. The van der Waals surface area contributed by atoms with E-state index in [4.69, 9.17) is 4.74 Å². The Morgan fingerprint density at radius 2 is 2.28 bits per heavy atom. The lowest BCUT2D eigenvalue weighted by Gasteiger charge is -2.14. The molecule has 0 radical (unpaired) electrons. The van der Waals surface area contributed by atoms with Gasteiger partial charge in [0, 0.05) is 25.8 Å². The molecule has 1 unspecified atom stereocenters. The molecular weight excluding hydrogens is 340 g/mol. The molecule has 134 valence electrons. The first-order valence-corrected chi connectivity index (χ1v) is 9.25. The number of nitrogens with one attached hydrogen (secondary N) is 1. The van der Waals surface area contributed by atoms with Gasteiger partial charge in [-0.3, -0.25) is 9.59 Å². The number of nitrogens with zero attached hydrogens (tertiary/aromatic N) is 3. The molecule has 1 aliphatic heterocycles. The minimum Gasteiger partial charge on any atom is -0.376 e. The topological polar surface area (TPSA) is 86.1 Å². The molecule has 1 fully saturated rings. The lowest BCUT2D eigenvalue weighted by molar-refractivity contribution is 0.0930. The minimum atomic E-state index is -0.342. The fourth-order valence-corrected chi connectivity index (χ4v) is 3.61. The van der Waals surface area contributed by atoms with Crippen molar-refractivity contribution in [2.45, 2.75) is 45.8 Å². The molecule has 2 aromatic rings. The normalized spacial score (nSPS) is 17.0. The SMILES string of the molecule is Cc1nnc(CCNC(=O)c2c(C)ccn(CC3CCCO3)c2=O)s1. The molecule has 7 nitrogen and oxygen atoms in total. The molecule has 1 aliphatic rings. The molecule has 25 heavy (non-hydrogen) atoms. The van der Waals surface area contributed by atoms with E-state index in [1.165, 1.54) is 11.3 Å². The third kappa shape index (κ3) is 4.32. The predicted molar refractivity (Wildman–Crippen MR) is 95.1 cm³/mol. The Bertz CT molecular complexity index is 808. The Morgan fingerprint density at radius 1 is 1.44 bits per heavy atom. The van der Waals surface area contributed by atoms with Gasteiger partial charge in [-0.2, -0.15) is 0 Å². The van der Waals surface area contributed by atoms with Gasteiger partial charge in [-0.25, -0.2) is 0 Å². The van der Waals surface area contributed by atoms with Gasteiger partial charge in [0.05, 0.1) is 12.6 Å². The van der Waals surface area contributed by atoms with Crippen LogP contribution in [0.2, 0.25) is 0 Å². The summed E-state index contributed by atoms with van der Waals surface area (Å²) in [5, 5.41) is 12.6. The van der Waals surface area contributed by atoms with Crippen molar-refractivity contribution in [3.05, 3.63) is 43.8 Å². The van der Waals surface area contributed by atoms with Crippen LogP contribution >= 0.6 is 11.3 Å². The Hall–Kier alpha value is -2.06. The molecular formula is C17H22N4O3S. The van der Waals surface area contributed by atoms with Crippen molar-refractivity contribution in [3.63, 3.8) is 0 Å². The van der Waals surface area contributed by atoms with E-state index < -0.39 is 0 Å². The number of hydrogen-bond acceptors (Lipinski definition) is 6. The molecule has 0 aliphatic carbocycles. The number of aromatic nitrogens is 3. The Kier molecular flexibility index (Phi) is 5.60. The van der Waals surface area contributed by atoms with E-state index in [0.717, 1.165) is 29.5 Å². The molecule has 0 bridgehead atoms. The van der Waals surface area contributed by atoms with Crippen LogP contribution in [0.25, 0.3) is 0 Å². The van der Waals surface area contributed by atoms with Gasteiger partial charge in [0.2, 0.25) is 0 Å². The summed E-state index contributed by atoms with van der Waals surface area (Å²) in [7, 11) is 0. The maximum Gasteiger partial charge on any atom is 0.263 e. The molecule has 2 aromatic heterocycles. The predicted octanol–water partition coefficient (Wildman–Crippen LogP) is 1.47. The number of ether oxygens (including phenoxy) is 1. The molecule has 3 heterocycles. The van der Waals surface area contributed by atoms with Gasteiger partial charge in [-0.1, -0.05) is 0 Å². The molecule has 1 saturated heterocycles. The second kappa shape index (κ2) is 7.88. The highest BCUT2D eigenvalue weighted by Crippen LogP contribution is 2.14. The molecule has 3 rings (SSSR count). The van der Waals surface area contributed by atoms with Crippen LogP contribution in [0.15, 0.2) is 17.1 Å². The zero-order valence-electron chi connectivity index (χ0n) is 14.4. The van der Waals surface area contributed by atoms with Crippen molar-refractivity contribution < 1.29 is 9.53 Å². The Labute approximate surface area is 150 Å². The van der Waals surface area contributed by atoms with Gasteiger partial charge in [-0.05, 0) is 38.3 Å². The van der Waals surface area contributed by atoms with E-state index in [1.54, 1.807) is 23.8 Å². The average molecular weight is 362 g/mol. The fraction of sp³-hybridized carbons (Fsp3) is 0.529. The molecule has 1 N–H and O–H groups in total. The number of amides is 1. The Morgan fingerprint density at radius 3 is 2.96 bits per heavy atom. The second-order valence-corrected chi connectivity index (χ2v) is 7.45. The zero-order valence-corrected chi connectivity index (χ0v) is 15.3. The molecule has 0 spiro atoms. The van der Waals surface area contributed by atoms with E-state index in [-0.39, 0.29) is 23.1 Å². The van der Waals surface area contributed by atoms with Crippen LogP contribution in [0.1, 0.15) is 38.8 Å². The van der Waals surface area contributed by atoms with Gasteiger partial charge in [0.1, 0.15) is 15.6 Å². The second-order valence-electron chi connectivity index (χ2n) is 6.19. The average Bonchev–Trinajstić information content (AvgIpc) is 3.22. The summed E-state index contributed by atoms with van der Waals surface area (Å²) in [5.74, 6) is -0.342. The van der Waals surface area contributed by atoms with Crippen molar-refractivity contribution in [1.82, 2.24) is 20.1 Å². The first-order chi connectivity index (χ1) is 12.0. The number of carbonyl (C=O) groups excluding carboxylic acids is 1. The van der Waals surface area contributed by atoms with Gasteiger partial charge < -0.3 is 14.6 Å². The van der Waals surface area contributed by atoms with E-state index >= 15 is 0 Å². The monoisotopic (exact) mass is 362 g/mol. The summed E-state index contributed by atoms with van der Waals surface area (Å²) >= 11 is 1.51. The Balaban J connectivity index is 1.67. The van der Waals surface area contributed by atoms with Gasteiger partial charge in [0.25, 0.3) is 11.5 Å². The van der Waals surface area contributed by atoms with E-state index in [9.17, 15) is 9.59 Å². The molecule has 8 heteroatoms. The first-order valence-electron chi connectivity index (χ1n) is 8.43. The van der Waals surface area contributed by atoms with Crippen LogP contribution < -0.4 is 10.9 Å². The smallest absolute Gasteiger partial charge is 0.263 e. The van der Waals surface area contributed by atoms with Crippen LogP contribution in [-0.2, 0) is 17.7 Å². The van der Waals surface area contributed by atoms with Crippen LogP contribution in [0, 0.1) is 13.8 Å². The number of rotatable bonds is 6. The highest BCUT2D eigenvalue weighted by molar-refractivity contribution is 7.11. The third-order valence-electron chi connectivity index (χ3n) is 4.22. The molecule has 1 atom stereocenters. The van der Waals surface area contributed by atoms with Crippen molar-refractivity contribution in [2.75, 3.05) is 13.2 Å². The minimum absolute atomic E-state index is 0.0527. The largest absolute Gasteiger partial charge is 0.376 e. The lowest BCUT2D eigenvalue weighted by Crippen LogP contribution is -2.36. The number of hydrogen-bond donors (Lipinski definition) is 1. The van der Waals surface area contributed by atoms with E-state index in [2.05, 4.69) is 15.5 Å². The van der Waals surface area contributed by atoms with E-state index in [1.807, 2.05) is 6.92 Å². The number of pyridine rings is 1. The maximum atomic E-state index is 12.7. The van der Waals surface area contributed by atoms with E-state index in [0.29, 0.717) is 25.1 Å². The standard InChI is InChI=1S/C17H22N4O3S/c1-11-6-8-21(10-13-4-3-9-24-13)17(23)15(11)16(22)18-7-5-14-20-19-12(2)25-14/h6,8,13H,3-5,7,9-10H2,1-2H3,(H,18,22). The highest BCUT2D eigenvalue weighted by Gasteiger charge is 2.20. The van der Waals surface area contributed by atoms with Crippen LogP contribution in [0.3, 0.4) is 0 Å². The summed E-state index contributed by atoms with van der Waals surface area (Å²) in [5.41, 5.74) is 0.617. The summed E-state index contributed by atoms with van der Waals surface area (Å²) in [6, 6.07) is 1.80. The zero-order chi connectivity index (χ0) is 17.8. The highest BCUT2D eigenvalue weighted by atomic mass is 32.1. The number of carbonyl (C=O) groups is 1. The molecule has 0 aromatic carbocycles. The van der Waals surface area contributed by atoms with Crippen LogP contribution in [-0.4, -0.2) is 39.9 Å². The molecule has 0 saturated carbocycles. The summed E-state index contributed by atoms with van der Waals surface area (Å²) in [4.78, 5) is 25.2. The summed E-state index contributed by atoms with van der Waals surface area (Å²) in [6.45, 7) is 5.32. The maximum absolute atomic E-state index is 12.7. The first kappa shape index (κ1) is 17.8. The molecule has 1 amide bonds. The van der Waals surface area contributed by atoms with Gasteiger partial charge in [0.15, 0.2) is 0 Å². The van der Waals surface area contributed by atoms with Crippen LogP contribution in [0.5, 0.6) is 0 Å².